The van der Waals surface area contributed by atoms with Crippen molar-refractivity contribution in [1.29, 1.82) is 0 Å². The van der Waals surface area contributed by atoms with Gasteiger partial charge in [-0.3, -0.25) is 0 Å². The van der Waals surface area contributed by atoms with Crippen molar-refractivity contribution in [2.75, 3.05) is 18.6 Å². The molecule has 5 nitrogen and oxygen atoms in total. The summed E-state index contributed by atoms with van der Waals surface area (Å²) >= 11 is 1.30. The Morgan fingerprint density at radius 3 is 2.00 bits per heavy atom. The maximum Gasteiger partial charge on any atom is 0.211 e. The van der Waals surface area contributed by atoms with E-state index in [-0.39, 0.29) is 17.9 Å². The van der Waals surface area contributed by atoms with Gasteiger partial charge in [0, 0.05) is 0 Å². The molecule has 0 rings (SSSR count). The monoisotopic (exact) mass is 327 g/mol. The van der Waals surface area contributed by atoms with Gasteiger partial charge in [-0.1, -0.05) is 0 Å². The zero-order valence-electron chi connectivity index (χ0n) is 6.45. The van der Waals surface area contributed by atoms with E-state index in [0.717, 1.165) is 0 Å². The fraction of sp³-hybridized carbons (Fsp3) is 1.00. The van der Waals surface area contributed by atoms with Crippen molar-refractivity contribution in [2.45, 2.75) is 6.42 Å². The molecule has 0 aliphatic rings. The predicted octanol–water partition coefficient (Wildman–Crippen LogP) is -0.310. The molecule has 0 unspecified atom stereocenters. The molecule has 0 heterocycles. The molecule has 0 spiro atoms. The molecular formula is C4H10INO4S2. The molecule has 0 aromatic carbocycles. The van der Waals surface area contributed by atoms with E-state index in [0.29, 0.717) is 0 Å². The Bertz CT molecular complexity index is 319. The molecular weight excluding hydrogens is 317 g/mol. The highest BCUT2D eigenvalue weighted by molar-refractivity contribution is 14.2. The Kier molecular flexibility index (Phi) is 4.95. The van der Waals surface area contributed by atoms with E-state index in [4.69, 9.17) is 0 Å². The summed E-state index contributed by atoms with van der Waals surface area (Å²) in [5.74, 6) is -0.250. The van der Waals surface area contributed by atoms with Gasteiger partial charge in [0.1, 0.15) is 0 Å². The second-order valence-corrected chi connectivity index (χ2v) is 9.68. The van der Waals surface area contributed by atoms with E-state index < -0.39 is 17.0 Å². The van der Waals surface area contributed by atoms with Crippen molar-refractivity contribution >= 4 is 38.2 Å². The summed E-state index contributed by atoms with van der Waals surface area (Å²) in [6.07, 6.45) is 0.133. The third kappa shape index (κ3) is 7.25. The van der Waals surface area contributed by atoms with Gasteiger partial charge in [-0.2, -0.15) is 0 Å². The summed E-state index contributed by atoms with van der Waals surface area (Å²) < 4.78 is 44.8. The smallest absolute Gasteiger partial charge is 0.211 e. The second-order valence-electron chi connectivity index (χ2n) is 2.12. The standard InChI is InChI=1S/C4H10INO4S2/c1-6-12(9,10)4-2-3-11(5,7)8/h6H,2-4H2,1H3. The van der Waals surface area contributed by atoms with Crippen molar-refractivity contribution in [3.8, 4) is 0 Å². The number of halogens is 1. The lowest BCUT2D eigenvalue weighted by Crippen LogP contribution is -2.22. The summed E-state index contributed by atoms with van der Waals surface area (Å²) in [5.41, 5.74) is 0. The average Bonchev–Trinajstić information content (AvgIpc) is 1.84. The van der Waals surface area contributed by atoms with Gasteiger partial charge in [-0.05, 0) is 13.5 Å². The van der Waals surface area contributed by atoms with Gasteiger partial charge in [0.05, 0.1) is 32.7 Å². The minimum absolute atomic E-state index is 0.103. The minimum atomic E-state index is -3.26. The Labute approximate surface area is 84.5 Å². The first-order valence-electron chi connectivity index (χ1n) is 3.10. The van der Waals surface area contributed by atoms with Gasteiger partial charge >= 0.3 is 0 Å². The van der Waals surface area contributed by atoms with E-state index in [1.807, 2.05) is 0 Å². The van der Waals surface area contributed by atoms with Crippen LogP contribution in [0.2, 0.25) is 0 Å². The third-order valence-corrected chi connectivity index (χ3v) is 4.66. The van der Waals surface area contributed by atoms with E-state index >= 15 is 0 Å². The van der Waals surface area contributed by atoms with Crippen LogP contribution >= 0.6 is 21.2 Å². The first kappa shape index (κ1) is 12.6. The quantitative estimate of drug-likeness (QED) is 0.555. The fourth-order valence-corrected chi connectivity index (χ4v) is 2.86. The van der Waals surface area contributed by atoms with Crippen LogP contribution in [0.3, 0.4) is 0 Å². The lowest BCUT2D eigenvalue weighted by Gasteiger charge is -1.99. The highest BCUT2D eigenvalue weighted by atomic mass is 127. The maximum atomic E-state index is 10.8. The number of sulfonamides is 1. The highest BCUT2D eigenvalue weighted by Gasteiger charge is 2.10. The molecule has 0 aromatic rings. The number of hydrogen-bond donors (Lipinski definition) is 1. The van der Waals surface area contributed by atoms with Crippen LogP contribution < -0.4 is 4.72 Å². The van der Waals surface area contributed by atoms with Crippen molar-refractivity contribution < 1.29 is 16.8 Å². The minimum Gasteiger partial charge on any atom is -0.218 e. The van der Waals surface area contributed by atoms with Crippen LogP contribution in [0, 0.1) is 0 Å². The van der Waals surface area contributed by atoms with E-state index in [1.165, 1.54) is 28.3 Å². The molecule has 74 valence electrons. The van der Waals surface area contributed by atoms with Gasteiger partial charge in [0.25, 0.3) is 0 Å². The number of hydrogen-bond acceptors (Lipinski definition) is 4. The average molecular weight is 327 g/mol. The van der Waals surface area contributed by atoms with Crippen LogP contribution in [0.15, 0.2) is 0 Å². The highest BCUT2D eigenvalue weighted by Crippen LogP contribution is 2.03. The lowest BCUT2D eigenvalue weighted by molar-refractivity contribution is 0.586. The zero-order valence-corrected chi connectivity index (χ0v) is 10.2. The second kappa shape index (κ2) is 4.72. The van der Waals surface area contributed by atoms with Crippen LogP contribution in [0.4, 0.5) is 0 Å². The molecule has 0 atom stereocenters. The van der Waals surface area contributed by atoms with Crippen LogP contribution in [-0.2, 0) is 17.0 Å². The maximum absolute atomic E-state index is 10.8. The molecule has 0 aliphatic carbocycles. The van der Waals surface area contributed by atoms with Gasteiger partial charge in [0.15, 0.2) is 0 Å². The molecule has 0 aliphatic heterocycles. The Morgan fingerprint density at radius 1 is 1.17 bits per heavy atom. The third-order valence-electron chi connectivity index (χ3n) is 1.11. The molecule has 8 heteroatoms. The van der Waals surface area contributed by atoms with Gasteiger partial charge in [-0.15, -0.1) is 0 Å². The zero-order chi connectivity index (χ0) is 9.83. The van der Waals surface area contributed by atoms with Crippen LogP contribution in [0.1, 0.15) is 6.42 Å². The summed E-state index contributed by atoms with van der Waals surface area (Å²) in [7, 11) is -5.04. The first-order chi connectivity index (χ1) is 5.27. The number of rotatable bonds is 5. The van der Waals surface area contributed by atoms with Crippen molar-refractivity contribution in [1.82, 2.24) is 4.72 Å². The largest absolute Gasteiger partial charge is 0.218 e. The van der Waals surface area contributed by atoms with Crippen LogP contribution in [-0.4, -0.2) is 35.4 Å². The Hall–Kier alpha value is 0.590. The molecule has 0 radical (unpaired) electrons. The Morgan fingerprint density at radius 2 is 1.67 bits per heavy atom. The van der Waals surface area contributed by atoms with E-state index in [2.05, 4.69) is 4.72 Å². The SMILES string of the molecule is CNS(=O)(=O)CCCS(=O)(=O)I. The van der Waals surface area contributed by atoms with Crippen molar-refractivity contribution in [3.63, 3.8) is 0 Å². The van der Waals surface area contributed by atoms with Crippen molar-refractivity contribution in [3.05, 3.63) is 0 Å². The summed E-state index contributed by atoms with van der Waals surface area (Å²) in [5, 5.41) is 0. The lowest BCUT2D eigenvalue weighted by atomic mass is 10.6. The van der Waals surface area contributed by atoms with Crippen molar-refractivity contribution in [2.24, 2.45) is 0 Å². The van der Waals surface area contributed by atoms with Gasteiger partial charge < -0.3 is 0 Å². The summed E-state index contributed by atoms with van der Waals surface area (Å²) in [6, 6.07) is 0. The first-order valence-corrected chi connectivity index (χ1v) is 8.95. The van der Waals surface area contributed by atoms with Gasteiger partial charge in [-0.25, -0.2) is 21.6 Å². The summed E-state index contributed by atoms with van der Waals surface area (Å²) in [6.45, 7) is 0. The molecule has 0 bridgehead atoms. The molecule has 12 heavy (non-hydrogen) atoms. The molecule has 0 saturated heterocycles. The Balaban J connectivity index is 3.89. The predicted molar refractivity (Wildman–Crippen MR) is 55.3 cm³/mol. The topological polar surface area (TPSA) is 80.3 Å². The fourth-order valence-electron chi connectivity index (χ4n) is 0.523. The van der Waals surface area contributed by atoms with E-state index in [1.54, 1.807) is 0 Å². The normalized spacial score (nSPS) is 13.2. The van der Waals surface area contributed by atoms with Crippen LogP contribution in [0.5, 0.6) is 0 Å². The van der Waals surface area contributed by atoms with Crippen LogP contribution in [0.25, 0.3) is 0 Å². The van der Waals surface area contributed by atoms with Gasteiger partial charge in [0.2, 0.25) is 17.0 Å². The molecule has 1 N–H and O–H groups in total. The van der Waals surface area contributed by atoms with E-state index in [9.17, 15) is 16.8 Å². The number of nitrogens with one attached hydrogen (secondary N) is 1. The molecule has 0 saturated carbocycles. The molecule has 0 aromatic heterocycles. The molecule has 0 amide bonds. The summed E-state index contributed by atoms with van der Waals surface area (Å²) in [4.78, 5) is 0. The molecule has 0 fully saturated rings.